The second-order valence-electron chi connectivity index (χ2n) is 3.88. The Hall–Kier alpha value is -1.35. The van der Waals surface area contributed by atoms with E-state index in [9.17, 15) is 0 Å². The molecule has 0 saturated carbocycles. The summed E-state index contributed by atoms with van der Waals surface area (Å²) in [5.41, 5.74) is 6.41. The fourth-order valence-corrected chi connectivity index (χ4v) is 1.69. The van der Waals surface area contributed by atoms with Crippen molar-refractivity contribution in [3.05, 3.63) is 60.2 Å². The number of hydrogen-bond donors (Lipinski definition) is 2. The number of nitrogens with one attached hydrogen (secondary N) is 1. The molecule has 2 aromatic carbocycles. The maximum atomic E-state index is 5.40. The molecular weight excluding hydrogens is 232 g/mol. The van der Waals surface area contributed by atoms with Crippen LogP contribution in [-0.2, 0) is 0 Å². The van der Waals surface area contributed by atoms with Gasteiger partial charge in [-0.2, -0.15) is 0 Å². The highest BCUT2D eigenvalue weighted by molar-refractivity contribution is 5.85. The van der Waals surface area contributed by atoms with Gasteiger partial charge in [-0.1, -0.05) is 54.6 Å². The van der Waals surface area contributed by atoms with Crippen molar-refractivity contribution < 1.29 is 0 Å². The standard InChI is InChI=1S/C14H16N2.ClH/c1-11(16-15)12-7-9-14(10-8-12)13-5-3-2-4-6-13;/h2-11,16H,15H2,1H3;1H. The molecule has 0 fully saturated rings. The first-order valence-corrected chi connectivity index (χ1v) is 5.43. The van der Waals surface area contributed by atoms with Gasteiger partial charge in [0.25, 0.3) is 0 Å². The van der Waals surface area contributed by atoms with Gasteiger partial charge in [0.05, 0.1) is 0 Å². The predicted octanol–water partition coefficient (Wildman–Crippen LogP) is 3.30. The lowest BCUT2D eigenvalue weighted by Gasteiger charge is -2.10. The molecule has 0 amide bonds. The van der Waals surface area contributed by atoms with Crippen molar-refractivity contribution in [1.82, 2.24) is 5.43 Å². The first-order valence-electron chi connectivity index (χ1n) is 5.43. The summed E-state index contributed by atoms with van der Waals surface area (Å²) in [6, 6.07) is 19.0. The van der Waals surface area contributed by atoms with E-state index in [1.165, 1.54) is 16.7 Å². The highest BCUT2D eigenvalue weighted by Crippen LogP contribution is 2.21. The van der Waals surface area contributed by atoms with Crippen molar-refractivity contribution in [2.45, 2.75) is 13.0 Å². The molecule has 0 radical (unpaired) electrons. The normalized spacial score (nSPS) is 11.6. The Bertz CT molecular complexity index is 440. The first-order chi connectivity index (χ1) is 7.81. The molecule has 2 nitrogen and oxygen atoms in total. The van der Waals surface area contributed by atoms with Crippen LogP contribution in [0.3, 0.4) is 0 Å². The molecule has 3 N–H and O–H groups in total. The van der Waals surface area contributed by atoms with Gasteiger partial charge in [0, 0.05) is 6.04 Å². The van der Waals surface area contributed by atoms with Crippen LogP contribution >= 0.6 is 12.4 Å². The molecule has 1 unspecified atom stereocenters. The molecule has 0 aromatic heterocycles. The molecule has 3 heteroatoms. The average Bonchev–Trinajstić information content (AvgIpc) is 2.39. The molecule has 0 saturated heterocycles. The minimum Gasteiger partial charge on any atom is -0.271 e. The molecule has 0 aliphatic rings. The highest BCUT2D eigenvalue weighted by atomic mass is 35.5. The van der Waals surface area contributed by atoms with E-state index in [1.54, 1.807) is 0 Å². The molecule has 2 rings (SSSR count). The summed E-state index contributed by atoms with van der Waals surface area (Å²) in [6.07, 6.45) is 0. The van der Waals surface area contributed by atoms with Crippen LogP contribution in [0.25, 0.3) is 11.1 Å². The Morgan fingerprint density at radius 2 is 1.41 bits per heavy atom. The van der Waals surface area contributed by atoms with Crippen molar-refractivity contribution in [2.75, 3.05) is 0 Å². The maximum absolute atomic E-state index is 5.40. The Labute approximate surface area is 108 Å². The van der Waals surface area contributed by atoms with E-state index in [1.807, 2.05) is 25.1 Å². The molecule has 0 aliphatic carbocycles. The number of hydrazine groups is 1. The Morgan fingerprint density at radius 1 is 0.882 bits per heavy atom. The molecule has 0 bridgehead atoms. The van der Waals surface area contributed by atoms with Gasteiger partial charge in [-0.25, -0.2) is 0 Å². The van der Waals surface area contributed by atoms with Gasteiger partial charge in [0.2, 0.25) is 0 Å². The average molecular weight is 249 g/mol. The third kappa shape index (κ3) is 3.30. The molecule has 0 spiro atoms. The van der Waals surface area contributed by atoms with Gasteiger partial charge in [0.1, 0.15) is 0 Å². The van der Waals surface area contributed by atoms with E-state index in [0.717, 1.165) is 0 Å². The lowest BCUT2D eigenvalue weighted by atomic mass is 10.0. The summed E-state index contributed by atoms with van der Waals surface area (Å²) in [5, 5.41) is 0. The fraction of sp³-hybridized carbons (Fsp3) is 0.143. The number of nitrogens with two attached hydrogens (primary N) is 1. The lowest BCUT2D eigenvalue weighted by molar-refractivity contribution is 0.602. The van der Waals surface area contributed by atoms with Crippen molar-refractivity contribution in [3.8, 4) is 11.1 Å². The zero-order valence-electron chi connectivity index (χ0n) is 9.76. The van der Waals surface area contributed by atoms with Gasteiger partial charge in [-0.3, -0.25) is 11.3 Å². The quantitative estimate of drug-likeness (QED) is 0.646. The van der Waals surface area contributed by atoms with E-state index >= 15 is 0 Å². The van der Waals surface area contributed by atoms with E-state index in [0.29, 0.717) is 0 Å². The largest absolute Gasteiger partial charge is 0.271 e. The Kier molecular flexibility index (Phi) is 5.16. The van der Waals surface area contributed by atoms with Crippen LogP contribution in [0.2, 0.25) is 0 Å². The van der Waals surface area contributed by atoms with Gasteiger partial charge in [-0.05, 0) is 23.6 Å². The molecule has 17 heavy (non-hydrogen) atoms. The van der Waals surface area contributed by atoms with Crippen molar-refractivity contribution in [3.63, 3.8) is 0 Å². The van der Waals surface area contributed by atoms with Gasteiger partial charge >= 0.3 is 0 Å². The number of rotatable bonds is 3. The summed E-state index contributed by atoms with van der Waals surface area (Å²) in [6.45, 7) is 2.04. The monoisotopic (exact) mass is 248 g/mol. The Balaban J connectivity index is 0.00000144. The maximum Gasteiger partial charge on any atom is 0.0431 e. The summed E-state index contributed by atoms with van der Waals surface area (Å²) < 4.78 is 0. The van der Waals surface area contributed by atoms with Crippen LogP contribution < -0.4 is 11.3 Å². The molecule has 2 aromatic rings. The van der Waals surface area contributed by atoms with E-state index in [-0.39, 0.29) is 18.4 Å². The van der Waals surface area contributed by atoms with Crippen LogP contribution in [0, 0.1) is 0 Å². The van der Waals surface area contributed by atoms with Crippen molar-refractivity contribution in [1.29, 1.82) is 0 Å². The van der Waals surface area contributed by atoms with Crippen LogP contribution in [0.5, 0.6) is 0 Å². The second-order valence-corrected chi connectivity index (χ2v) is 3.88. The van der Waals surface area contributed by atoms with E-state index in [4.69, 9.17) is 5.84 Å². The lowest BCUT2D eigenvalue weighted by Crippen LogP contribution is -2.25. The molecule has 0 aliphatic heterocycles. The van der Waals surface area contributed by atoms with Crippen LogP contribution in [0.15, 0.2) is 54.6 Å². The summed E-state index contributed by atoms with van der Waals surface area (Å²) in [4.78, 5) is 0. The minimum absolute atomic E-state index is 0. The van der Waals surface area contributed by atoms with Gasteiger partial charge in [0.15, 0.2) is 0 Å². The third-order valence-electron chi connectivity index (χ3n) is 2.77. The topological polar surface area (TPSA) is 38.0 Å². The molecule has 90 valence electrons. The summed E-state index contributed by atoms with van der Waals surface area (Å²) in [5.74, 6) is 5.40. The third-order valence-corrected chi connectivity index (χ3v) is 2.77. The zero-order valence-corrected chi connectivity index (χ0v) is 10.6. The van der Waals surface area contributed by atoms with Gasteiger partial charge < -0.3 is 0 Å². The number of halogens is 1. The van der Waals surface area contributed by atoms with E-state index in [2.05, 4.69) is 41.8 Å². The molecule has 0 heterocycles. The highest BCUT2D eigenvalue weighted by Gasteiger charge is 2.02. The van der Waals surface area contributed by atoms with Crippen LogP contribution in [-0.4, -0.2) is 0 Å². The van der Waals surface area contributed by atoms with E-state index < -0.39 is 0 Å². The smallest absolute Gasteiger partial charge is 0.0431 e. The number of benzene rings is 2. The molecular formula is C14H17ClN2. The van der Waals surface area contributed by atoms with Crippen LogP contribution in [0.4, 0.5) is 0 Å². The summed E-state index contributed by atoms with van der Waals surface area (Å²) in [7, 11) is 0. The van der Waals surface area contributed by atoms with Crippen LogP contribution in [0.1, 0.15) is 18.5 Å². The molecule has 1 atom stereocenters. The fourth-order valence-electron chi connectivity index (χ4n) is 1.69. The predicted molar refractivity (Wildman–Crippen MR) is 74.9 cm³/mol. The minimum atomic E-state index is 0. The van der Waals surface area contributed by atoms with Gasteiger partial charge in [-0.15, -0.1) is 12.4 Å². The SMILES string of the molecule is CC(NN)c1ccc(-c2ccccc2)cc1.Cl. The second kappa shape index (κ2) is 6.40. The summed E-state index contributed by atoms with van der Waals surface area (Å²) >= 11 is 0. The number of hydrogen-bond acceptors (Lipinski definition) is 2. The van der Waals surface area contributed by atoms with Crippen molar-refractivity contribution in [2.24, 2.45) is 5.84 Å². The Morgan fingerprint density at radius 3 is 1.94 bits per heavy atom. The first kappa shape index (κ1) is 13.7. The zero-order chi connectivity index (χ0) is 11.4. The van der Waals surface area contributed by atoms with Crippen molar-refractivity contribution >= 4 is 12.4 Å².